The lowest BCUT2D eigenvalue weighted by atomic mass is 9.96. The summed E-state index contributed by atoms with van der Waals surface area (Å²) in [5.74, 6) is 0.128. The summed E-state index contributed by atoms with van der Waals surface area (Å²) in [6.07, 6.45) is 0.158. The van der Waals surface area contributed by atoms with Crippen molar-refractivity contribution in [3.05, 3.63) is 71.8 Å². The zero-order chi connectivity index (χ0) is 19.1. The van der Waals surface area contributed by atoms with Gasteiger partial charge in [0.1, 0.15) is 0 Å². The number of ether oxygens (including phenoxy) is 1. The molecule has 3 rings (SSSR count). The van der Waals surface area contributed by atoms with Crippen LogP contribution in [0.3, 0.4) is 0 Å². The van der Waals surface area contributed by atoms with Gasteiger partial charge in [0.2, 0.25) is 5.91 Å². The van der Waals surface area contributed by atoms with E-state index < -0.39 is 0 Å². The van der Waals surface area contributed by atoms with Crippen molar-refractivity contribution in [3.63, 3.8) is 0 Å². The number of methoxy groups -OCH3 is 1. The van der Waals surface area contributed by atoms with E-state index in [2.05, 4.69) is 53.4 Å². The molecule has 1 saturated heterocycles. The van der Waals surface area contributed by atoms with Crippen LogP contribution in [0, 0.1) is 0 Å². The Morgan fingerprint density at radius 2 is 1.48 bits per heavy atom. The van der Waals surface area contributed by atoms with Crippen LogP contribution in [0.5, 0.6) is 0 Å². The smallest absolute Gasteiger partial charge is 0.225 e. The van der Waals surface area contributed by atoms with E-state index in [4.69, 9.17) is 10.5 Å². The predicted molar refractivity (Wildman–Crippen MR) is 107 cm³/mol. The molecule has 2 N–H and O–H groups in total. The SMILES string of the molecule is COC(CN)CC(=O)N1CCN(C(c2ccccc2)c2ccccc2)CC1. The summed E-state index contributed by atoms with van der Waals surface area (Å²) in [5, 5.41) is 0. The van der Waals surface area contributed by atoms with Gasteiger partial charge in [0.05, 0.1) is 18.6 Å². The molecule has 1 unspecified atom stereocenters. The van der Waals surface area contributed by atoms with Gasteiger partial charge in [0.25, 0.3) is 0 Å². The summed E-state index contributed by atoms with van der Waals surface area (Å²) in [4.78, 5) is 16.9. The van der Waals surface area contributed by atoms with Crippen LogP contribution in [0.25, 0.3) is 0 Å². The molecule has 0 spiro atoms. The molecule has 2 aromatic carbocycles. The maximum Gasteiger partial charge on any atom is 0.225 e. The number of amides is 1. The molecule has 0 bridgehead atoms. The van der Waals surface area contributed by atoms with Gasteiger partial charge in [-0.25, -0.2) is 0 Å². The highest BCUT2D eigenvalue weighted by molar-refractivity contribution is 5.76. The van der Waals surface area contributed by atoms with Crippen LogP contribution in [0.1, 0.15) is 23.6 Å². The third-order valence-electron chi connectivity index (χ3n) is 5.26. The van der Waals surface area contributed by atoms with E-state index in [1.807, 2.05) is 17.0 Å². The third kappa shape index (κ3) is 4.95. The second kappa shape index (κ2) is 9.65. The molecule has 0 aromatic heterocycles. The Morgan fingerprint density at radius 1 is 0.963 bits per heavy atom. The quantitative estimate of drug-likeness (QED) is 0.816. The van der Waals surface area contributed by atoms with Crippen LogP contribution < -0.4 is 5.73 Å². The van der Waals surface area contributed by atoms with Crippen LogP contribution in [0.15, 0.2) is 60.7 Å². The van der Waals surface area contributed by atoms with Crippen LogP contribution in [-0.2, 0) is 9.53 Å². The van der Waals surface area contributed by atoms with Gasteiger partial charge in [-0.15, -0.1) is 0 Å². The van der Waals surface area contributed by atoms with Crippen molar-refractivity contribution in [2.75, 3.05) is 39.8 Å². The number of rotatable bonds is 7. The lowest BCUT2D eigenvalue weighted by Crippen LogP contribution is -2.50. The maximum absolute atomic E-state index is 12.5. The summed E-state index contributed by atoms with van der Waals surface area (Å²) in [7, 11) is 1.60. The molecule has 0 radical (unpaired) electrons. The van der Waals surface area contributed by atoms with Crippen molar-refractivity contribution in [1.82, 2.24) is 9.80 Å². The Hall–Kier alpha value is -2.21. The first-order chi connectivity index (χ1) is 13.2. The van der Waals surface area contributed by atoms with Gasteiger partial charge >= 0.3 is 0 Å². The summed E-state index contributed by atoms with van der Waals surface area (Å²) in [6.45, 7) is 3.53. The van der Waals surface area contributed by atoms with Gasteiger partial charge in [0, 0.05) is 39.8 Å². The largest absolute Gasteiger partial charge is 0.380 e. The van der Waals surface area contributed by atoms with Crippen LogP contribution in [0.4, 0.5) is 0 Å². The van der Waals surface area contributed by atoms with E-state index in [9.17, 15) is 4.79 Å². The molecule has 5 nitrogen and oxygen atoms in total. The summed E-state index contributed by atoms with van der Waals surface area (Å²) in [6, 6.07) is 21.4. The zero-order valence-electron chi connectivity index (χ0n) is 16.0. The van der Waals surface area contributed by atoms with E-state index in [0.29, 0.717) is 13.0 Å². The molecule has 1 heterocycles. The average Bonchev–Trinajstić information content (AvgIpc) is 2.74. The first kappa shape index (κ1) is 19.5. The molecular weight excluding hydrogens is 338 g/mol. The third-order valence-corrected chi connectivity index (χ3v) is 5.26. The van der Waals surface area contributed by atoms with Gasteiger partial charge < -0.3 is 15.4 Å². The van der Waals surface area contributed by atoms with Gasteiger partial charge in [-0.1, -0.05) is 60.7 Å². The summed E-state index contributed by atoms with van der Waals surface area (Å²) >= 11 is 0. The molecule has 5 heteroatoms. The highest BCUT2D eigenvalue weighted by Gasteiger charge is 2.28. The van der Waals surface area contributed by atoms with Gasteiger partial charge in [0.15, 0.2) is 0 Å². The Bertz CT molecular complexity index is 657. The van der Waals surface area contributed by atoms with Crippen LogP contribution in [-0.4, -0.2) is 61.6 Å². The number of piperazine rings is 1. The molecule has 1 fully saturated rings. The lowest BCUT2D eigenvalue weighted by molar-refractivity contribution is -0.135. The monoisotopic (exact) mass is 367 g/mol. The molecular formula is C22H29N3O2. The Labute approximate surface area is 161 Å². The topological polar surface area (TPSA) is 58.8 Å². The highest BCUT2D eigenvalue weighted by atomic mass is 16.5. The van der Waals surface area contributed by atoms with Gasteiger partial charge in [-0.3, -0.25) is 9.69 Å². The highest BCUT2D eigenvalue weighted by Crippen LogP contribution is 2.29. The molecule has 1 amide bonds. The maximum atomic E-state index is 12.5. The number of carbonyl (C=O) groups is 1. The van der Waals surface area contributed by atoms with Crippen LogP contribution >= 0.6 is 0 Å². The van der Waals surface area contributed by atoms with Crippen molar-refractivity contribution in [1.29, 1.82) is 0 Å². The molecule has 0 aliphatic carbocycles. The second-order valence-electron chi connectivity index (χ2n) is 6.94. The van der Waals surface area contributed by atoms with E-state index in [-0.39, 0.29) is 18.1 Å². The van der Waals surface area contributed by atoms with Crippen molar-refractivity contribution < 1.29 is 9.53 Å². The van der Waals surface area contributed by atoms with Gasteiger partial charge in [-0.05, 0) is 11.1 Å². The molecule has 144 valence electrons. The Balaban J connectivity index is 1.69. The van der Waals surface area contributed by atoms with Crippen LogP contribution in [0.2, 0.25) is 0 Å². The fourth-order valence-electron chi connectivity index (χ4n) is 3.70. The number of hydrogen-bond acceptors (Lipinski definition) is 4. The number of nitrogens with two attached hydrogens (primary N) is 1. The molecule has 0 saturated carbocycles. The molecule has 1 atom stereocenters. The van der Waals surface area contributed by atoms with E-state index in [1.165, 1.54) is 11.1 Å². The Morgan fingerprint density at radius 3 is 1.93 bits per heavy atom. The van der Waals surface area contributed by atoms with Crippen molar-refractivity contribution in [2.45, 2.75) is 18.6 Å². The normalized spacial score (nSPS) is 16.5. The van der Waals surface area contributed by atoms with Crippen molar-refractivity contribution >= 4 is 5.91 Å². The predicted octanol–water partition coefficient (Wildman–Crippen LogP) is 2.28. The summed E-state index contributed by atoms with van der Waals surface area (Å²) < 4.78 is 5.25. The standard InChI is InChI=1S/C22H29N3O2/c1-27-20(17-23)16-21(26)24-12-14-25(15-13-24)22(18-8-4-2-5-9-18)19-10-6-3-7-11-19/h2-11,20,22H,12-17,23H2,1H3. The first-order valence-electron chi connectivity index (χ1n) is 9.57. The molecule has 1 aliphatic rings. The molecule has 2 aromatic rings. The number of hydrogen-bond donors (Lipinski definition) is 1. The van der Waals surface area contributed by atoms with Crippen molar-refractivity contribution in [3.8, 4) is 0 Å². The Kier molecular flexibility index (Phi) is 6.98. The minimum Gasteiger partial charge on any atom is -0.380 e. The lowest BCUT2D eigenvalue weighted by Gasteiger charge is -2.40. The number of carbonyl (C=O) groups excluding carboxylic acids is 1. The average molecular weight is 367 g/mol. The molecule has 27 heavy (non-hydrogen) atoms. The van der Waals surface area contributed by atoms with Gasteiger partial charge in [-0.2, -0.15) is 0 Å². The van der Waals surface area contributed by atoms with Crippen molar-refractivity contribution in [2.24, 2.45) is 5.73 Å². The fourth-order valence-corrected chi connectivity index (χ4v) is 3.70. The zero-order valence-corrected chi connectivity index (χ0v) is 16.0. The second-order valence-corrected chi connectivity index (χ2v) is 6.94. The fraction of sp³-hybridized carbons (Fsp3) is 0.409. The number of benzene rings is 2. The minimum atomic E-state index is -0.197. The minimum absolute atomic E-state index is 0.128. The summed E-state index contributed by atoms with van der Waals surface area (Å²) in [5.41, 5.74) is 8.21. The molecule has 1 aliphatic heterocycles. The van der Waals surface area contributed by atoms with E-state index in [0.717, 1.165) is 26.2 Å². The number of nitrogens with zero attached hydrogens (tertiary/aromatic N) is 2. The van der Waals surface area contributed by atoms with E-state index in [1.54, 1.807) is 7.11 Å². The van der Waals surface area contributed by atoms with E-state index >= 15 is 0 Å². The first-order valence-corrected chi connectivity index (χ1v) is 9.57.